The number of carbonyl (C=O) groups is 8. The van der Waals surface area contributed by atoms with Crippen molar-refractivity contribution in [3.63, 3.8) is 0 Å². The van der Waals surface area contributed by atoms with Crippen LogP contribution in [0.3, 0.4) is 0 Å². The molecule has 25 nitrogen and oxygen atoms in total. The SMILES string of the molecule is CC[C@@]1(O)C(=O)OCc2c1cc1n(c2=O)Cc2c-1nc1cc(F)c(C)c3c1c2[C@@H](NC(=O)[C@H](C)NC(=O)[C@H](C)NC(=O)[C@H](C)NC(=O)CCOCCOCCC(=O)N1CCC2(CCC(C(=O)NCCC(=O)N4Cc5ccccc5/C(=N/N)C(=N)c5ccccc54)CC2)CC1)CC3. The van der Waals surface area contributed by atoms with Crippen LogP contribution in [-0.2, 0) is 84.3 Å². The molecule has 5 aromatic rings. The number of rotatable bonds is 21. The van der Waals surface area contributed by atoms with E-state index in [0.29, 0.717) is 87.4 Å². The number of aliphatic hydroxyl groups is 1. The number of nitrogens with two attached hydrogens (primary N) is 1. The molecule has 508 valence electrons. The molecule has 6 aliphatic rings. The van der Waals surface area contributed by atoms with Gasteiger partial charge in [0, 0.05) is 72.1 Å². The maximum atomic E-state index is 15.5. The Morgan fingerprint density at radius 3 is 2.16 bits per heavy atom. The number of hydrogen-bond donors (Lipinski definition) is 8. The minimum atomic E-state index is -2.06. The smallest absolute Gasteiger partial charge is 0.343 e. The normalized spacial score (nSPS) is 19.9. The zero-order chi connectivity index (χ0) is 68.3. The quantitative estimate of drug-likeness (QED) is 0.0212. The summed E-state index contributed by atoms with van der Waals surface area (Å²) in [4.78, 5) is 129. The Hall–Kier alpha value is -9.27. The number of aromatic nitrogens is 2. The Kier molecular flexibility index (Phi) is 20.3. The first-order chi connectivity index (χ1) is 46.0. The minimum Gasteiger partial charge on any atom is -0.458 e. The van der Waals surface area contributed by atoms with Crippen LogP contribution in [-0.4, -0.2) is 142 Å². The number of likely N-dealkylation sites (tertiary alicyclic amines) is 1. The highest BCUT2D eigenvalue weighted by molar-refractivity contribution is 6.53. The number of esters is 1. The van der Waals surface area contributed by atoms with Crippen molar-refractivity contribution in [2.24, 2.45) is 22.3 Å². The molecule has 5 atom stereocenters. The summed E-state index contributed by atoms with van der Waals surface area (Å²) in [6.45, 7) is 9.72. The molecule has 2 aliphatic carbocycles. The highest BCUT2D eigenvalue weighted by Crippen LogP contribution is 2.48. The van der Waals surface area contributed by atoms with E-state index in [9.17, 15) is 48.3 Å². The minimum absolute atomic E-state index is 0.00434. The first-order valence-electron chi connectivity index (χ1n) is 33.1. The van der Waals surface area contributed by atoms with Crippen molar-refractivity contribution in [1.29, 1.82) is 5.41 Å². The van der Waals surface area contributed by atoms with Gasteiger partial charge in [-0.2, -0.15) is 5.10 Å². The number of nitrogens with one attached hydrogen (secondary N) is 6. The molecule has 1 saturated heterocycles. The van der Waals surface area contributed by atoms with Crippen LogP contribution in [0, 0.1) is 29.5 Å². The molecular weight excluding hydrogens is 1240 g/mol. The molecule has 9 N–H and O–H groups in total. The van der Waals surface area contributed by atoms with E-state index in [4.69, 9.17) is 30.4 Å². The van der Waals surface area contributed by atoms with Crippen molar-refractivity contribution in [2.75, 3.05) is 51.0 Å². The van der Waals surface area contributed by atoms with Crippen molar-refractivity contribution in [3.05, 3.63) is 127 Å². The lowest BCUT2D eigenvalue weighted by atomic mass is 9.65. The molecule has 26 heteroatoms. The maximum Gasteiger partial charge on any atom is 0.343 e. The van der Waals surface area contributed by atoms with E-state index in [1.54, 1.807) is 30.9 Å². The van der Waals surface area contributed by atoms with Crippen LogP contribution >= 0.6 is 0 Å². The Bertz CT molecular complexity index is 4060. The number of amides is 7. The van der Waals surface area contributed by atoms with E-state index in [1.165, 1.54) is 31.4 Å². The van der Waals surface area contributed by atoms with Crippen molar-refractivity contribution < 1.29 is 62.1 Å². The van der Waals surface area contributed by atoms with E-state index in [-0.39, 0.29) is 124 Å². The lowest BCUT2D eigenvalue weighted by Gasteiger charge is -2.45. The third-order valence-electron chi connectivity index (χ3n) is 20.2. The average Bonchev–Trinajstić information content (AvgIpc) is 1.48. The van der Waals surface area contributed by atoms with Crippen LogP contribution in [0.15, 0.2) is 70.6 Å². The number of carbonyl (C=O) groups excluding carboxylic acids is 8. The Morgan fingerprint density at radius 2 is 1.46 bits per heavy atom. The molecule has 0 radical (unpaired) electrons. The number of hydrogen-bond acceptors (Lipinski definition) is 17. The van der Waals surface area contributed by atoms with Gasteiger partial charge >= 0.3 is 5.97 Å². The number of cyclic esters (lactones) is 1. The Morgan fingerprint density at radius 1 is 0.802 bits per heavy atom. The monoisotopic (exact) mass is 1320 g/mol. The zero-order valence-electron chi connectivity index (χ0n) is 54.8. The van der Waals surface area contributed by atoms with Gasteiger partial charge in [0.05, 0.1) is 85.8 Å². The number of benzene rings is 3. The van der Waals surface area contributed by atoms with Crippen molar-refractivity contribution >= 4 is 75.3 Å². The third-order valence-corrected chi connectivity index (χ3v) is 20.2. The van der Waals surface area contributed by atoms with E-state index >= 15 is 4.39 Å². The van der Waals surface area contributed by atoms with Crippen LogP contribution in [0.5, 0.6) is 0 Å². The van der Waals surface area contributed by atoms with Gasteiger partial charge in [-0.3, -0.25) is 43.8 Å². The largest absolute Gasteiger partial charge is 0.458 e. The Labute approximate surface area is 554 Å². The van der Waals surface area contributed by atoms with Gasteiger partial charge in [0.1, 0.15) is 36.3 Å². The number of halogens is 1. The molecule has 0 unspecified atom stereocenters. The first kappa shape index (κ1) is 68.1. The van der Waals surface area contributed by atoms with Gasteiger partial charge in [-0.05, 0) is 125 Å². The van der Waals surface area contributed by atoms with E-state index in [2.05, 4.69) is 31.7 Å². The second-order valence-corrected chi connectivity index (χ2v) is 26.1. The molecule has 2 aromatic heterocycles. The number of ether oxygens (including phenoxy) is 3. The van der Waals surface area contributed by atoms with Crippen molar-refractivity contribution in [2.45, 2.75) is 161 Å². The van der Waals surface area contributed by atoms with E-state index in [0.717, 1.165) is 49.7 Å². The molecule has 6 heterocycles. The molecular formula is C70H83FN12O13. The summed E-state index contributed by atoms with van der Waals surface area (Å²) in [5.74, 6) is 1.71. The lowest BCUT2D eigenvalue weighted by Crippen LogP contribution is -2.54. The maximum absolute atomic E-state index is 15.5. The summed E-state index contributed by atoms with van der Waals surface area (Å²) in [5, 5.41) is 38.8. The highest BCUT2D eigenvalue weighted by atomic mass is 19.1. The van der Waals surface area contributed by atoms with Crippen molar-refractivity contribution in [1.82, 2.24) is 41.0 Å². The molecule has 4 aliphatic heterocycles. The molecule has 2 fully saturated rings. The summed E-state index contributed by atoms with van der Waals surface area (Å²) < 4.78 is 33.4. The van der Waals surface area contributed by atoms with Crippen LogP contribution in [0.25, 0.3) is 22.3 Å². The topological polar surface area (TPSA) is 348 Å². The van der Waals surface area contributed by atoms with E-state index in [1.807, 2.05) is 47.4 Å². The highest BCUT2D eigenvalue weighted by Gasteiger charge is 2.47. The number of pyridine rings is 2. The fraction of sp³-hybridized carbons (Fsp3) is 0.486. The molecule has 7 amide bonds. The molecule has 0 bridgehead atoms. The molecule has 1 saturated carbocycles. The number of aryl methyl sites for hydroxylation is 1. The van der Waals surface area contributed by atoms with Gasteiger partial charge < -0.3 is 66.1 Å². The van der Waals surface area contributed by atoms with Crippen LogP contribution in [0.2, 0.25) is 0 Å². The fourth-order valence-corrected chi connectivity index (χ4v) is 14.5. The second kappa shape index (κ2) is 28.6. The fourth-order valence-electron chi connectivity index (χ4n) is 14.5. The van der Waals surface area contributed by atoms with Crippen LogP contribution in [0.1, 0.15) is 154 Å². The lowest BCUT2D eigenvalue weighted by molar-refractivity contribution is -0.172. The van der Waals surface area contributed by atoms with Gasteiger partial charge in [0.25, 0.3) is 5.56 Å². The predicted octanol–water partition coefficient (Wildman–Crippen LogP) is 4.54. The van der Waals surface area contributed by atoms with Crippen LogP contribution in [0.4, 0.5) is 10.1 Å². The van der Waals surface area contributed by atoms with Gasteiger partial charge in [-0.1, -0.05) is 49.4 Å². The molecule has 3 aromatic carbocycles. The average molecular weight is 1320 g/mol. The third kappa shape index (κ3) is 13.6. The molecule has 11 rings (SSSR count). The number of para-hydroxylation sites is 1. The second-order valence-electron chi connectivity index (χ2n) is 26.1. The standard InChI is InChI=1S/C70H83FN12O13/c1-6-70(93)49-33-54-61-47(36-83(54)67(91)48(49)37-96-68(70)92)59-51(16-15-44-38(2)50(71)34-52(78-61)58(44)59)79-65(89)41(5)77-64(88)40(4)76-63(87)39(3)75-55(84)20-29-94-31-32-95-30-21-56(85)81-27-24-69(25-28-81)22-17-42(18-23-69)66(90)74-26-19-57(86)82-35-43-11-7-8-12-45(43)62(80-73)60(72)46-13-9-10-14-53(46)82/h7-14,33-34,39-42,51,72,93H,6,15-32,35-37,73H2,1-5H3,(H,74,90)(H,75,84)(H,76,87)(H,77,88)(H,79,89)/b72-60?,80-62-/t39-,40-,41-,51-,70-/m0/s1. The number of nitrogens with zero attached hydrogens (tertiary/aromatic N) is 5. The summed E-state index contributed by atoms with van der Waals surface area (Å²) in [6.07, 6.45) is 5.88. The van der Waals surface area contributed by atoms with Crippen molar-refractivity contribution in [3.8, 4) is 11.4 Å². The molecule has 1 spiro atoms. The van der Waals surface area contributed by atoms with Gasteiger partial charge in [0.2, 0.25) is 41.4 Å². The van der Waals surface area contributed by atoms with E-state index < -0.39 is 70.7 Å². The van der Waals surface area contributed by atoms with Gasteiger partial charge in [0.15, 0.2) is 5.60 Å². The predicted molar refractivity (Wildman–Crippen MR) is 352 cm³/mol. The van der Waals surface area contributed by atoms with Crippen LogP contribution < -0.4 is 42.9 Å². The zero-order valence-corrected chi connectivity index (χ0v) is 54.8. The summed E-state index contributed by atoms with van der Waals surface area (Å²) in [5.41, 5.74) is 4.30. The number of fused-ring (bicyclic) bond motifs is 7. The Balaban J connectivity index is 0.553. The van der Waals surface area contributed by atoms with Gasteiger partial charge in [-0.15, -0.1) is 0 Å². The summed E-state index contributed by atoms with van der Waals surface area (Å²) in [6, 6.07) is 13.7. The molecule has 96 heavy (non-hydrogen) atoms. The number of anilines is 1. The number of hydrazone groups is 1. The first-order valence-corrected chi connectivity index (χ1v) is 33.1. The van der Waals surface area contributed by atoms with Gasteiger partial charge in [-0.25, -0.2) is 14.2 Å². The summed E-state index contributed by atoms with van der Waals surface area (Å²) >= 11 is 0. The summed E-state index contributed by atoms with van der Waals surface area (Å²) in [7, 11) is 0. The number of piperidine rings is 1.